The Morgan fingerprint density at radius 2 is 1.90 bits per heavy atom. The summed E-state index contributed by atoms with van der Waals surface area (Å²) in [5, 5.41) is 9.04. The van der Waals surface area contributed by atoms with Crippen molar-refractivity contribution in [3.8, 4) is 11.9 Å². The second kappa shape index (κ2) is 9.06. The molecule has 0 aromatic carbocycles. The van der Waals surface area contributed by atoms with Crippen molar-refractivity contribution in [3.05, 3.63) is 17.6 Å². The molecule has 0 unspecified atom stereocenters. The SMILES string of the molecule is CCC1(CC#N)CN(C2CCC(Oc3cc(CN(C)C)nc(C(F)(F)F)n3)CC2)C1. The molecule has 2 aliphatic rings. The number of nitrogens with zero attached hydrogens (tertiary/aromatic N) is 5. The molecule has 0 N–H and O–H groups in total. The zero-order valence-corrected chi connectivity index (χ0v) is 17.9. The minimum absolute atomic E-state index is 0.000551. The summed E-state index contributed by atoms with van der Waals surface area (Å²) in [6, 6.07) is 4.28. The van der Waals surface area contributed by atoms with E-state index in [9.17, 15) is 13.2 Å². The van der Waals surface area contributed by atoms with E-state index in [4.69, 9.17) is 10.00 Å². The normalized spacial score (nSPS) is 24.3. The molecule has 1 aromatic rings. The van der Waals surface area contributed by atoms with Crippen LogP contribution >= 0.6 is 0 Å². The fraction of sp³-hybridized carbons (Fsp3) is 0.762. The van der Waals surface area contributed by atoms with E-state index in [0.717, 1.165) is 45.2 Å². The Morgan fingerprint density at radius 3 is 2.43 bits per heavy atom. The Balaban J connectivity index is 1.58. The highest BCUT2D eigenvalue weighted by Gasteiger charge is 2.44. The molecule has 1 aliphatic heterocycles. The van der Waals surface area contributed by atoms with Crippen LogP contribution in [0.1, 0.15) is 57.0 Å². The van der Waals surface area contributed by atoms with Gasteiger partial charge in [0.05, 0.1) is 11.8 Å². The van der Waals surface area contributed by atoms with Crippen LogP contribution in [0.3, 0.4) is 0 Å². The van der Waals surface area contributed by atoms with Gasteiger partial charge < -0.3 is 9.64 Å². The molecule has 30 heavy (non-hydrogen) atoms. The van der Waals surface area contributed by atoms with Crippen molar-refractivity contribution in [3.63, 3.8) is 0 Å². The van der Waals surface area contributed by atoms with E-state index in [1.165, 1.54) is 6.07 Å². The first-order valence-electron chi connectivity index (χ1n) is 10.5. The van der Waals surface area contributed by atoms with Crippen LogP contribution in [0, 0.1) is 16.7 Å². The molecule has 1 saturated heterocycles. The Bertz CT molecular complexity index is 763. The minimum Gasteiger partial charge on any atom is -0.474 e. The third-order valence-corrected chi connectivity index (χ3v) is 6.22. The molecule has 0 spiro atoms. The highest BCUT2D eigenvalue weighted by atomic mass is 19.4. The summed E-state index contributed by atoms with van der Waals surface area (Å²) in [5.41, 5.74) is 0.430. The lowest BCUT2D eigenvalue weighted by molar-refractivity contribution is -0.145. The molecule has 2 fully saturated rings. The summed E-state index contributed by atoms with van der Waals surface area (Å²) in [4.78, 5) is 11.5. The molecule has 1 aliphatic carbocycles. The van der Waals surface area contributed by atoms with Crippen molar-refractivity contribution in [2.24, 2.45) is 5.41 Å². The van der Waals surface area contributed by atoms with Gasteiger partial charge in [-0.1, -0.05) is 6.92 Å². The predicted octanol–water partition coefficient (Wildman–Crippen LogP) is 3.87. The largest absolute Gasteiger partial charge is 0.474 e. The highest BCUT2D eigenvalue weighted by molar-refractivity contribution is 5.18. The molecule has 0 bridgehead atoms. The first-order valence-corrected chi connectivity index (χ1v) is 10.5. The quantitative estimate of drug-likeness (QED) is 0.661. The zero-order valence-electron chi connectivity index (χ0n) is 17.9. The van der Waals surface area contributed by atoms with Crippen LogP contribution in [-0.2, 0) is 12.7 Å². The fourth-order valence-electron chi connectivity index (χ4n) is 4.47. The third kappa shape index (κ3) is 5.41. The number of rotatable bonds is 7. The third-order valence-electron chi connectivity index (χ3n) is 6.22. The van der Waals surface area contributed by atoms with Crippen LogP contribution in [0.2, 0.25) is 0 Å². The van der Waals surface area contributed by atoms with E-state index >= 15 is 0 Å². The van der Waals surface area contributed by atoms with E-state index in [1.807, 2.05) is 0 Å². The summed E-state index contributed by atoms with van der Waals surface area (Å²) in [7, 11) is 3.55. The summed E-state index contributed by atoms with van der Waals surface area (Å²) < 4.78 is 45.4. The maximum atomic E-state index is 13.2. The van der Waals surface area contributed by atoms with Gasteiger partial charge >= 0.3 is 6.18 Å². The number of hydrogen-bond acceptors (Lipinski definition) is 6. The first kappa shape index (κ1) is 22.8. The van der Waals surface area contributed by atoms with Crippen LogP contribution in [0.25, 0.3) is 0 Å². The van der Waals surface area contributed by atoms with E-state index in [-0.39, 0.29) is 23.9 Å². The molecule has 166 valence electrons. The molecule has 2 heterocycles. The van der Waals surface area contributed by atoms with Gasteiger partial charge in [0.2, 0.25) is 11.7 Å². The molecule has 9 heteroatoms. The van der Waals surface area contributed by atoms with Crippen molar-refractivity contribution in [2.45, 2.75) is 70.3 Å². The van der Waals surface area contributed by atoms with Gasteiger partial charge in [-0.3, -0.25) is 4.90 Å². The van der Waals surface area contributed by atoms with Crippen molar-refractivity contribution in [2.75, 3.05) is 27.2 Å². The number of alkyl halides is 3. The standard InChI is InChI=1S/C21H30F3N5O/c1-4-20(9-10-25)13-29(14-20)16-5-7-17(8-6-16)30-18-11-15(12-28(2)3)26-19(27-18)21(22,23)24/h11,16-17H,4-9,12-14H2,1-3H3. The summed E-state index contributed by atoms with van der Waals surface area (Å²) in [6.45, 7) is 4.34. The van der Waals surface area contributed by atoms with Gasteiger partial charge in [0.1, 0.15) is 6.10 Å². The smallest absolute Gasteiger partial charge is 0.451 e. The Hall–Kier alpha value is -1.92. The van der Waals surface area contributed by atoms with Crippen molar-refractivity contribution in [1.29, 1.82) is 5.26 Å². The summed E-state index contributed by atoms with van der Waals surface area (Å²) in [5.74, 6) is -1.15. The van der Waals surface area contributed by atoms with Crippen LogP contribution < -0.4 is 4.74 Å². The number of ether oxygens (including phenoxy) is 1. The van der Waals surface area contributed by atoms with Crippen molar-refractivity contribution >= 4 is 0 Å². The van der Waals surface area contributed by atoms with Crippen LogP contribution in [0.5, 0.6) is 5.88 Å². The van der Waals surface area contributed by atoms with Crippen molar-refractivity contribution < 1.29 is 17.9 Å². The molecule has 0 radical (unpaired) electrons. The van der Waals surface area contributed by atoms with Gasteiger partial charge in [-0.25, -0.2) is 4.98 Å². The molecule has 1 aromatic heterocycles. The van der Waals surface area contributed by atoms with Crippen LogP contribution in [-0.4, -0.2) is 59.1 Å². The topological polar surface area (TPSA) is 65.3 Å². The van der Waals surface area contributed by atoms with Crippen LogP contribution in [0.4, 0.5) is 13.2 Å². The van der Waals surface area contributed by atoms with Gasteiger partial charge in [-0.05, 0) is 46.2 Å². The molecule has 3 rings (SSSR count). The lowest BCUT2D eigenvalue weighted by Gasteiger charge is -2.53. The summed E-state index contributed by atoms with van der Waals surface area (Å²) >= 11 is 0. The summed E-state index contributed by atoms with van der Waals surface area (Å²) in [6.07, 6.45) is 0.325. The number of aromatic nitrogens is 2. The van der Waals surface area contributed by atoms with Crippen molar-refractivity contribution in [1.82, 2.24) is 19.8 Å². The Morgan fingerprint density at radius 1 is 1.23 bits per heavy atom. The van der Waals surface area contributed by atoms with Gasteiger partial charge in [-0.2, -0.15) is 23.4 Å². The fourth-order valence-corrected chi connectivity index (χ4v) is 4.47. The molecular formula is C21H30F3N5O. The Kier molecular flexibility index (Phi) is 6.88. The average Bonchev–Trinajstić information content (AvgIpc) is 2.64. The van der Waals surface area contributed by atoms with Crippen LogP contribution in [0.15, 0.2) is 6.07 Å². The number of nitriles is 1. The monoisotopic (exact) mass is 425 g/mol. The maximum Gasteiger partial charge on any atom is 0.451 e. The predicted molar refractivity (Wildman–Crippen MR) is 106 cm³/mol. The molecular weight excluding hydrogens is 395 g/mol. The van der Waals surface area contributed by atoms with Gasteiger partial charge in [0, 0.05) is 43.6 Å². The Labute approximate surface area is 176 Å². The second-order valence-corrected chi connectivity index (χ2v) is 8.90. The highest BCUT2D eigenvalue weighted by Crippen LogP contribution is 2.41. The molecule has 6 nitrogen and oxygen atoms in total. The van der Waals surface area contributed by atoms with E-state index in [2.05, 4.69) is 27.9 Å². The van der Waals surface area contributed by atoms with Gasteiger partial charge in [-0.15, -0.1) is 0 Å². The minimum atomic E-state index is -4.61. The number of likely N-dealkylation sites (tertiary alicyclic amines) is 1. The maximum absolute atomic E-state index is 13.2. The molecule has 0 amide bonds. The average molecular weight is 425 g/mol. The lowest BCUT2D eigenvalue weighted by Crippen LogP contribution is -2.60. The van der Waals surface area contributed by atoms with Gasteiger partial charge in [0.15, 0.2) is 0 Å². The zero-order chi connectivity index (χ0) is 21.9. The first-order chi connectivity index (χ1) is 14.1. The van der Waals surface area contributed by atoms with E-state index in [0.29, 0.717) is 18.2 Å². The number of hydrogen-bond donors (Lipinski definition) is 0. The second-order valence-electron chi connectivity index (χ2n) is 8.90. The van der Waals surface area contributed by atoms with E-state index in [1.54, 1.807) is 19.0 Å². The number of halogens is 3. The lowest BCUT2D eigenvalue weighted by atomic mass is 9.73. The van der Waals surface area contributed by atoms with Gasteiger partial charge in [0.25, 0.3) is 0 Å². The van der Waals surface area contributed by atoms with E-state index < -0.39 is 12.0 Å². The molecule has 1 saturated carbocycles. The molecule has 0 atom stereocenters.